The number of rotatable bonds is 6. The van der Waals surface area contributed by atoms with Crippen LogP contribution < -0.4 is 4.90 Å². The van der Waals surface area contributed by atoms with Crippen LogP contribution in [0.2, 0.25) is 0 Å². The van der Waals surface area contributed by atoms with E-state index in [1.54, 1.807) is 0 Å². The van der Waals surface area contributed by atoms with Crippen molar-refractivity contribution in [3.8, 4) is 0 Å². The molecule has 3 heteroatoms. The molecule has 1 rings (SSSR count). The lowest BCUT2D eigenvalue weighted by Crippen LogP contribution is -2.22. The number of halogens is 1. The van der Waals surface area contributed by atoms with Crippen LogP contribution in [-0.4, -0.2) is 18.6 Å². The van der Waals surface area contributed by atoms with Gasteiger partial charge in [0.05, 0.1) is 0 Å². The Hall–Kier alpha value is -0.760. The molecule has 0 unspecified atom stereocenters. The molecule has 1 aromatic heterocycles. The number of anilines is 1. The highest BCUT2D eigenvalue weighted by molar-refractivity contribution is 6.17. The summed E-state index contributed by atoms with van der Waals surface area (Å²) >= 11 is 6.01. The van der Waals surface area contributed by atoms with Crippen LogP contribution in [0.4, 0.5) is 5.82 Å². The average molecular weight is 283 g/mol. The second kappa shape index (κ2) is 7.14. The van der Waals surface area contributed by atoms with E-state index >= 15 is 0 Å². The Labute approximate surface area is 123 Å². The monoisotopic (exact) mass is 282 g/mol. The highest BCUT2D eigenvalue weighted by Gasteiger charge is 2.18. The van der Waals surface area contributed by atoms with E-state index in [1.807, 2.05) is 0 Å². The van der Waals surface area contributed by atoms with Crippen LogP contribution in [0.1, 0.15) is 58.2 Å². The van der Waals surface area contributed by atoms with Crippen molar-refractivity contribution in [2.45, 2.75) is 58.3 Å². The molecule has 0 fully saturated rings. The number of nitrogens with zero attached hydrogens (tertiary/aromatic N) is 2. The van der Waals surface area contributed by atoms with Gasteiger partial charge in [0.25, 0.3) is 0 Å². The number of hydrogen-bond acceptors (Lipinski definition) is 2. The van der Waals surface area contributed by atoms with E-state index in [0.29, 0.717) is 5.88 Å². The molecule has 2 nitrogen and oxygen atoms in total. The second-order valence-electron chi connectivity index (χ2n) is 6.23. The lowest BCUT2D eigenvalue weighted by atomic mass is 9.91. The van der Waals surface area contributed by atoms with Crippen molar-refractivity contribution < 1.29 is 0 Å². The second-order valence-corrected chi connectivity index (χ2v) is 6.50. The zero-order valence-corrected chi connectivity index (χ0v) is 13.7. The maximum Gasteiger partial charge on any atom is 0.128 e. The molecule has 0 aliphatic heterocycles. The van der Waals surface area contributed by atoms with Gasteiger partial charge in [-0.3, -0.25) is 0 Å². The Morgan fingerprint density at radius 2 is 1.89 bits per heavy atom. The number of hydrogen-bond donors (Lipinski definition) is 0. The first-order chi connectivity index (χ1) is 8.88. The first-order valence-electron chi connectivity index (χ1n) is 7.17. The van der Waals surface area contributed by atoms with Crippen molar-refractivity contribution in [1.82, 2.24) is 4.98 Å². The number of pyridine rings is 1. The predicted molar refractivity (Wildman–Crippen MR) is 85.3 cm³/mol. The Bertz CT molecular complexity index is 396. The van der Waals surface area contributed by atoms with Gasteiger partial charge in [-0.25, -0.2) is 4.98 Å². The van der Waals surface area contributed by atoms with Crippen LogP contribution in [0.5, 0.6) is 0 Å². The molecule has 108 valence electrons. The predicted octanol–water partition coefficient (Wildman–Crippen LogP) is 4.74. The Morgan fingerprint density at radius 3 is 2.42 bits per heavy atom. The van der Waals surface area contributed by atoms with E-state index in [9.17, 15) is 0 Å². The highest BCUT2D eigenvalue weighted by atomic mass is 35.5. The summed E-state index contributed by atoms with van der Waals surface area (Å²) in [4.78, 5) is 7.04. The molecule has 1 heterocycles. The minimum atomic E-state index is 0.0566. The van der Waals surface area contributed by atoms with Gasteiger partial charge >= 0.3 is 0 Å². The molecule has 0 aliphatic rings. The van der Waals surface area contributed by atoms with Gasteiger partial charge in [0.2, 0.25) is 0 Å². The highest BCUT2D eigenvalue weighted by Crippen LogP contribution is 2.25. The summed E-state index contributed by atoms with van der Waals surface area (Å²) in [5, 5.41) is 0. The van der Waals surface area contributed by atoms with Crippen LogP contribution >= 0.6 is 11.6 Å². The summed E-state index contributed by atoms with van der Waals surface area (Å²) in [6.07, 6.45) is 3.73. The third-order valence-corrected chi connectivity index (χ3v) is 3.59. The summed E-state index contributed by atoms with van der Waals surface area (Å²) in [7, 11) is 2.11. The van der Waals surface area contributed by atoms with Crippen molar-refractivity contribution in [3.63, 3.8) is 0 Å². The fourth-order valence-electron chi connectivity index (χ4n) is 1.94. The smallest absolute Gasteiger partial charge is 0.128 e. The summed E-state index contributed by atoms with van der Waals surface area (Å²) in [5.41, 5.74) is 2.32. The molecule has 0 saturated carbocycles. The van der Waals surface area contributed by atoms with Crippen molar-refractivity contribution >= 4 is 17.4 Å². The Balaban J connectivity index is 2.93. The van der Waals surface area contributed by atoms with Gasteiger partial charge in [-0.05, 0) is 24.1 Å². The van der Waals surface area contributed by atoms with Crippen LogP contribution in [0.15, 0.2) is 12.1 Å². The number of unbranched alkanes of at least 4 members (excludes halogenated alkanes) is 2. The summed E-state index contributed by atoms with van der Waals surface area (Å²) in [5.74, 6) is 1.58. The zero-order chi connectivity index (χ0) is 14.5. The largest absolute Gasteiger partial charge is 0.360 e. The van der Waals surface area contributed by atoms with Crippen molar-refractivity contribution in [2.75, 3.05) is 18.5 Å². The maximum absolute atomic E-state index is 6.01. The number of aromatic nitrogens is 1. The normalized spacial score (nSPS) is 11.7. The van der Waals surface area contributed by atoms with E-state index in [-0.39, 0.29) is 5.41 Å². The van der Waals surface area contributed by atoms with Gasteiger partial charge in [0.1, 0.15) is 5.82 Å². The molecule has 0 bridgehead atoms. The first-order valence-corrected chi connectivity index (χ1v) is 7.70. The summed E-state index contributed by atoms with van der Waals surface area (Å²) < 4.78 is 0. The number of alkyl halides is 1. The molecule has 0 aromatic carbocycles. The van der Waals surface area contributed by atoms with Gasteiger partial charge in [-0.15, -0.1) is 11.6 Å². The minimum absolute atomic E-state index is 0.0566. The standard InChI is InChI=1S/C16H27ClN2/c1-6-7-8-9-19(5)15-11-13(12-17)10-14(18-15)16(2,3)4/h10-11H,6-9,12H2,1-5H3. The van der Waals surface area contributed by atoms with Crippen molar-refractivity contribution in [2.24, 2.45) is 0 Å². The molecule has 0 saturated heterocycles. The molecular weight excluding hydrogens is 256 g/mol. The van der Waals surface area contributed by atoms with Gasteiger partial charge in [-0.2, -0.15) is 0 Å². The summed E-state index contributed by atoms with van der Waals surface area (Å²) in [6.45, 7) is 9.84. The molecule has 0 radical (unpaired) electrons. The third kappa shape index (κ3) is 5.02. The topological polar surface area (TPSA) is 16.1 Å². The van der Waals surface area contributed by atoms with Crippen molar-refractivity contribution in [1.29, 1.82) is 0 Å². The van der Waals surface area contributed by atoms with E-state index in [2.05, 4.69) is 51.8 Å². The fourth-order valence-corrected chi connectivity index (χ4v) is 2.10. The molecule has 0 atom stereocenters. The zero-order valence-electron chi connectivity index (χ0n) is 13.0. The average Bonchev–Trinajstić information content (AvgIpc) is 2.37. The van der Waals surface area contributed by atoms with Crippen LogP contribution in [0, 0.1) is 0 Å². The molecule has 0 amide bonds. The van der Waals surface area contributed by atoms with Gasteiger partial charge in [0.15, 0.2) is 0 Å². The van der Waals surface area contributed by atoms with E-state index in [1.165, 1.54) is 19.3 Å². The van der Waals surface area contributed by atoms with Gasteiger partial charge in [-0.1, -0.05) is 40.5 Å². The molecule has 19 heavy (non-hydrogen) atoms. The van der Waals surface area contributed by atoms with E-state index < -0.39 is 0 Å². The van der Waals surface area contributed by atoms with E-state index in [4.69, 9.17) is 16.6 Å². The molecule has 0 N–H and O–H groups in total. The first kappa shape index (κ1) is 16.3. The fraction of sp³-hybridized carbons (Fsp3) is 0.688. The summed E-state index contributed by atoms with van der Waals surface area (Å²) in [6, 6.07) is 4.23. The van der Waals surface area contributed by atoms with Gasteiger partial charge in [0, 0.05) is 30.6 Å². The van der Waals surface area contributed by atoms with E-state index in [0.717, 1.165) is 23.6 Å². The lowest BCUT2D eigenvalue weighted by molar-refractivity contribution is 0.567. The van der Waals surface area contributed by atoms with Crippen LogP contribution in [0.25, 0.3) is 0 Å². The quantitative estimate of drug-likeness (QED) is 0.553. The Morgan fingerprint density at radius 1 is 1.21 bits per heavy atom. The van der Waals surface area contributed by atoms with Crippen molar-refractivity contribution in [3.05, 3.63) is 23.4 Å². The minimum Gasteiger partial charge on any atom is -0.360 e. The SMILES string of the molecule is CCCCCN(C)c1cc(CCl)cc(C(C)(C)C)n1. The third-order valence-electron chi connectivity index (χ3n) is 3.28. The molecule has 0 spiro atoms. The van der Waals surface area contributed by atoms with Crippen LogP contribution in [0.3, 0.4) is 0 Å². The maximum atomic E-state index is 6.01. The molecule has 0 aliphatic carbocycles. The Kier molecular flexibility index (Phi) is 6.12. The molecule has 1 aromatic rings. The lowest BCUT2D eigenvalue weighted by Gasteiger charge is -2.24. The van der Waals surface area contributed by atoms with Gasteiger partial charge < -0.3 is 4.90 Å². The van der Waals surface area contributed by atoms with Crippen LogP contribution in [-0.2, 0) is 11.3 Å². The molecular formula is C16H27ClN2.